The lowest BCUT2D eigenvalue weighted by Gasteiger charge is -2.17. The number of methoxy groups -OCH3 is 1. The Balaban J connectivity index is 1.74. The maximum Gasteiger partial charge on any atom is 0.314 e. The molecule has 2 N–H and O–H groups in total. The second-order valence-corrected chi connectivity index (χ2v) is 5.15. The summed E-state index contributed by atoms with van der Waals surface area (Å²) >= 11 is 0. The molecule has 0 bridgehead atoms. The number of carbonyl (C=O) groups excluding carboxylic acids is 1. The van der Waals surface area contributed by atoms with Crippen molar-refractivity contribution in [3.05, 3.63) is 71.5 Å². The Labute approximate surface area is 135 Å². The third-order valence-electron chi connectivity index (χ3n) is 3.50. The predicted octanol–water partition coefficient (Wildman–Crippen LogP) is 3.06. The number of halogens is 1. The van der Waals surface area contributed by atoms with E-state index in [-0.39, 0.29) is 24.5 Å². The second-order valence-electron chi connectivity index (χ2n) is 5.15. The first kappa shape index (κ1) is 17.0. The van der Waals surface area contributed by atoms with Gasteiger partial charge in [0.05, 0.1) is 6.10 Å². The lowest BCUT2D eigenvalue weighted by atomic mass is 10.1. The Morgan fingerprint density at radius 1 is 1.13 bits per heavy atom. The molecule has 0 saturated carbocycles. The van der Waals surface area contributed by atoms with Gasteiger partial charge in [-0.15, -0.1) is 0 Å². The number of amides is 2. The summed E-state index contributed by atoms with van der Waals surface area (Å²) in [5.74, 6) is -0.322. The Kier molecular flexibility index (Phi) is 6.56. The van der Waals surface area contributed by atoms with Crippen molar-refractivity contribution in [3.63, 3.8) is 0 Å². The van der Waals surface area contributed by atoms with Crippen LogP contribution in [0.25, 0.3) is 0 Å². The molecular weight excluding hydrogens is 295 g/mol. The third kappa shape index (κ3) is 5.71. The molecule has 0 aromatic heterocycles. The van der Waals surface area contributed by atoms with Crippen LogP contribution in [0.4, 0.5) is 9.18 Å². The van der Waals surface area contributed by atoms with E-state index in [0.717, 1.165) is 6.42 Å². The van der Waals surface area contributed by atoms with Gasteiger partial charge >= 0.3 is 6.03 Å². The normalized spacial score (nSPS) is 11.7. The second kappa shape index (κ2) is 8.90. The molecule has 2 aromatic carbocycles. The molecular formula is C18H21FN2O2. The summed E-state index contributed by atoms with van der Waals surface area (Å²) in [5.41, 5.74) is 1.86. The van der Waals surface area contributed by atoms with Crippen molar-refractivity contribution in [3.8, 4) is 0 Å². The summed E-state index contributed by atoms with van der Waals surface area (Å²) in [6.07, 6.45) is 0.386. The minimum Gasteiger partial charge on any atom is -0.375 e. The van der Waals surface area contributed by atoms with Crippen molar-refractivity contribution >= 4 is 6.03 Å². The average Bonchev–Trinajstić information content (AvgIpc) is 2.56. The van der Waals surface area contributed by atoms with Crippen molar-refractivity contribution in [1.29, 1.82) is 0 Å². The van der Waals surface area contributed by atoms with Crippen molar-refractivity contribution in [2.24, 2.45) is 0 Å². The summed E-state index contributed by atoms with van der Waals surface area (Å²) in [7, 11) is 1.53. The lowest BCUT2D eigenvalue weighted by Crippen LogP contribution is -2.39. The van der Waals surface area contributed by atoms with Gasteiger partial charge < -0.3 is 15.4 Å². The van der Waals surface area contributed by atoms with Gasteiger partial charge in [0, 0.05) is 20.2 Å². The van der Waals surface area contributed by atoms with E-state index in [4.69, 9.17) is 4.74 Å². The standard InChI is InChI=1S/C18H21FN2O2/c1-23-17(15-8-5-9-16(19)12-15)13-21-18(22)20-11-10-14-6-3-2-4-7-14/h2-9,12,17H,10-11,13H2,1H3,(H2,20,21,22). The highest BCUT2D eigenvalue weighted by molar-refractivity contribution is 5.73. The number of nitrogens with one attached hydrogen (secondary N) is 2. The molecule has 4 nitrogen and oxygen atoms in total. The molecule has 0 aliphatic rings. The van der Waals surface area contributed by atoms with Gasteiger partial charge in [-0.25, -0.2) is 9.18 Å². The highest BCUT2D eigenvalue weighted by atomic mass is 19.1. The molecule has 0 aliphatic carbocycles. The monoisotopic (exact) mass is 316 g/mol. The summed E-state index contributed by atoms with van der Waals surface area (Å²) < 4.78 is 18.5. The summed E-state index contributed by atoms with van der Waals surface area (Å²) in [6, 6.07) is 15.8. The van der Waals surface area contributed by atoms with Crippen molar-refractivity contribution in [1.82, 2.24) is 10.6 Å². The molecule has 0 spiro atoms. The fourth-order valence-corrected chi connectivity index (χ4v) is 2.26. The zero-order valence-electron chi connectivity index (χ0n) is 13.1. The van der Waals surface area contributed by atoms with Crippen LogP contribution >= 0.6 is 0 Å². The first-order chi connectivity index (χ1) is 11.2. The van der Waals surface area contributed by atoms with E-state index >= 15 is 0 Å². The fourth-order valence-electron chi connectivity index (χ4n) is 2.26. The zero-order chi connectivity index (χ0) is 16.5. The number of urea groups is 1. The molecule has 0 aliphatic heterocycles. The van der Waals surface area contributed by atoms with Gasteiger partial charge in [0.25, 0.3) is 0 Å². The van der Waals surface area contributed by atoms with Gasteiger partial charge in [-0.2, -0.15) is 0 Å². The Bertz CT molecular complexity index is 619. The molecule has 0 heterocycles. The van der Waals surface area contributed by atoms with Crippen LogP contribution in [0.15, 0.2) is 54.6 Å². The van der Waals surface area contributed by atoms with Crippen LogP contribution in [-0.2, 0) is 11.2 Å². The van der Waals surface area contributed by atoms with Crippen LogP contribution in [0.3, 0.4) is 0 Å². The van der Waals surface area contributed by atoms with E-state index in [1.165, 1.54) is 24.8 Å². The van der Waals surface area contributed by atoms with E-state index in [1.54, 1.807) is 12.1 Å². The molecule has 5 heteroatoms. The zero-order valence-corrected chi connectivity index (χ0v) is 13.1. The van der Waals surface area contributed by atoms with Gasteiger partial charge in [-0.3, -0.25) is 0 Å². The highest BCUT2D eigenvalue weighted by Crippen LogP contribution is 2.16. The van der Waals surface area contributed by atoms with E-state index in [9.17, 15) is 9.18 Å². The Morgan fingerprint density at radius 2 is 1.91 bits per heavy atom. The highest BCUT2D eigenvalue weighted by Gasteiger charge is 2.12. The molecule has 122 valence electrons. The van der Waals surface area contributed by atoms with E-state index in [0.29, 0.717) is 12.1 Å². The molecule has 0 radical (unpaired) electrons. The molecule has 1 atom stereocenters. The minimum absolute atomic E-state index is 0.264. The van der Waals surface area contributed by atoms with Crippen LogP contribution in [0, 0.1) is 5.82 Å². The Morgan fingerprint density at radius 3 is 2.61 bits per heavy atom. The molecule has 0 fully saturated rings. The van der Waals surface area contributed by atoms with Gasteiger partial charge in [0.15, 0.2) is 0 Å². The molecule has 2 rings (SSSR count). The predicted molar refractivity (Wildman–Crippen MR) is 87.7 cm³/mol. The van der Waals surface area contributed by atoms with E-state index in [2.05, 4.69) is 10.6 Å². The van der Waals surface area contributed by atoms with Gasteiger partial charge in [0.1, 0.15) is 5.82 Å². The van der Waals surface area contributed by atoms with Gasteiger partial charge in [-0.05, 0) is 29.7 Å². The quantitative estimate of drug-likeness (QED) is 0.825. The first-order valence-corrected chi connectivity index (χ1v) is 7.53. The van der Waals surface area contributed by atoms with Crippen molar-refractivity contribution in [2.75, 3.05) is 20.2 Å². The van der Waals surface area contributed by atoms with Gasteiger partial charge in [0.2, 0.25) is 0 Å². The van der Waals surface area contributed by atoms with Crippen molar-refractivity contribution in [2.45, 2.75) is 12.5 Å². The fraction of sp³-hybridized carbons (Fsp3) is 0.278. The number of hydrogen-bond acceptors (Lipinski definition) is 2. The smallest absolute Gasteiger partial charge is 0.314 e. The average molecular weight is 316 g/mol. The van der Waals surface area contributed by atoms with E-state index in [1.807, 2.05) is 30.3 Å². The number of rotatable bonds is 7. The Hall–Kier alpha value is -2.40. The van der Waals surface area contributed by atoms with Crippen LogP contribution in [0.5, 0.6) is 0 Å². The van der Waals surface area contributed by atoms with Crippen molar-refractivity contribution < 1.29 is 13.9 Å². The minimum atomic E-state index is -0.384. The summed E-state index contributed by atoms with van der Waals surface area (Å²) in [5, 5.41) is 5.53. The van der Waals surface area contributed by atoms with Crippen LogP contribution in [0.1, 0.15) is 17.2 Å². The third-order valence-corrected chi connectivity index (χ3v) is 3.50. The molecule has 2 amide bonds. The maximum atomic E-state index is 13.2. The molecule has 23 heavy (non-hydrogen) atoms. The van der Waals surface area contributed by atoms with E-state index < -0.39 is 0 Å². The lowest BCUT2D eigenvalue weighted by molar-refractivity contribution is 0.103. The van der Waals surface area contributed by atoms with Crippen LogP contribution in [-0.4, -0.2) is 26.2 Å². The SMILES string of the molecule is COC(CNC(=O)NCCc1ccccc1)c1cccc(F)c1. The summed E-state index contributed by atoms with van der Waals surface area (Å²) in [6.45, 7) is 0.824. The molecule has 0 saturated heterocycles. The van der Waals surface area contributed by atoms with Crippen LogP contribution < -0.4 is 10.6 Å². The largest absolute Gasteiger partial charge is 0.375 e. The van der Waals surface area contributed by atoms with Gasteiger partial charge in [-0.1, -0.05) is 42.5 Å². The summed E-state index contributed by atoms with van der Waals surface area (Å²) in [4.78, 5) is 11.8. The topological polar surface area (TPSA) is 50.4 Å². The number of benzene rings is 2. The molecule has 2 aromatic rings. The first-order valence-electron chi connectivity index (χ1n) is 7.53. The molecule has 1 unspecified atom stereocenters. The number of hydrogen-bond donors (Lipinski definition) is 2. The maximum absolute atomic E-state index is 13.2. The number of ether oxygens (including phenoxy) is 1. The number of carbonyl (C=O) groups is 1. The van der Waals surface area contributed by atoms with Crippen LogP contribution in [0.2, 0.25) is 0 Å².